The van der Waals surface area contributed by atoms with E-state index in [1.165, 1.54) is 6.39 Å². The summed E-state index contributed by atoms with van der Waals surface area (Å²) in [5, 5.41) is 3.21. The van der Waals surface area contributed by atoms with Crippen LogP contribution in [0, 0.1) is 6.92 Å². The zero-order valence-corrected chi connectivity index (χ0v) is 14.0. The molecule has 1 atom stereocenters. The van der Waals surface area contributed by atoms with Crippen molar-refractivity contribution in [1.82, 2.24) is 14.9 Å². The Hall–Kier alpha value is -1.69. The van der Waals surface area contributed by atoms with E-state index in [0.29, 0.717) is 17.4 Å². The molecule has 1 amide bonds. The van der Waals surface area contributed by atoms with Crippen molar-refractivity contribution >= 4 is 17.2 Å². The zero-order chi connectivity index (χ0) is 15.7. The van der Waals surface area contributed by atoms with Crippen LogP contribution in [-0.2, 0) is 0 Å². The molecule has 118 valence electrons. The second-order valence-electron chi connectivity index (χ2n) is 6.14. The number of aryl methyl sites for hydroxylation is 1. The molecule has 5 nitrogen and oxygen atoms in total. The van der Waals surface area contributed by atoms with Crippen molar-refractivity contribution in [3.8, 4) is 0 Å². The second kappa shape index (κ2) is 6.20. The van der Waals surface area contributed by atoms with Crippen LogP contribution in [0.2, 0.25) is 0 Å². The zero-order valence-electron chi connectivity index (χ0n) is 13.2. The topological polar surface area (TPSA) is 59.2 Å². The van der Waals surface area contributed by atoms with Crippen molar-refractivity contribution in [3.05, 3.63) is 33.9 Å². The van der Waals surface area contributed by atoms with Crippen LogP contribution in [0.15, 0.2) is 16.2 Å². The molecule has 2 aromatic rings. The lowest BCUT2D eigenvalue weighted by atomic mass is 9.98. The predicted molar refractivity (Wildman–Crippen MR) is 85.3 cm³/mol. The van der Waals surface area contributed by atoms with Gasteiger partial charge in [-0.3, -0.25) is 4.79 Å². The van der Waals surface area contributed by atoms with Crippen LogP contribution >= 0.6 is 11.3 Å². The molecule has 0 N–H and O–H groups in total. The van der Waals surface area contributed by atoms with Crippen molar-refractivity contribution in [2.24, 2.45) is 0 Å². The molecule has 0 radical (unpaired) electrons. The highest BCUT2D eigenvalue weighted by Crippen LogP contribution is 2.30. The van der Waals surface area contributed by atoms with Gasteiger partial charge in [-0.1, -0.05) is 13.8 Å². The molecule has 1 fully saturated rings. The van der Waals surface area contributed by atoms with Crippen LogP contribution in [0.5, 0.6) is 0 Å². The number of likely N-dealkylation sites (tertiary alicyclic amines) is 1. The largest absolute Gasteiger partial charge is 0.447 e. The average molecular weight is 319 g/mol. The SMILES string of the molecule is Cc1csc([C@H]2CCCN(C(=O)c3ncoc3C(C)C)C2)n1. The predicted octanol–water partition coefficient (Wildman–Crippen LogP) is 3.58. The number of thiazole rings is 1. The van der Waals surface area contributed by atoms with E-state index >= 15 is 0 Å². The van der Waals surface area contributed by atoms with E-state index in [2.05, 4.69) is 15.3 Å². The smallest absolute Gasteiger partial charge is 0.276 e. The molecule has 1 saturated heterocycles. The quantitative estimate of drug-likeness (QED) is 0.867. The van der Waals surface area contributed by atoms with Crippen molar-refractivity contribution in [2.75, 3.05) is 13.1 Å². The van der Waals surface area contributed by atoms with E-state index in [1.54, 1.807) is 11.3 Å². The summed E-state index contributed by atoms with van der Waals surface area (Å²) in [7, 11) is 0. The Bertz CT molecular complexity index is 662. The second-order valence-corrected chi connectivity index (χ2v) is 7.03. The van der Waals surface area contributed by atoms with Crippen LogP contribution in [0.3, 0.4) is 0 Å². The highest BCUT2D eigenvalue weighted by atomic mass is 32.1. The van der Waals surface area contributed by atoms with E-state index in [1.807, 2.05) is 25.7 Å². The maximum atomic E-state index is 12.8. The Kier molecular flexibility index (Phi) is 4.29. The maximum Gasteiger partial charge on any atom is 0.276 e. The number of nitrogens with zero attached hydrogens (tertiary/aromatic N) is 3. The first-order valence-corrected chi connectivity index (χ1v) is 8.59. The number of carbonyl (C=O) groups is 1. The van der Waals surface area contributed by atoms with Crippen molar-refractivity contribution in [1.29, 1.82) is 0 Å². The van der Waals surface area contributed by atoms with Gasteiger partial charge in [-0.2, -0.15) is 0 Å². The first-order chi connectivity index (χ1) is 10.6. The number of oxazole rings is 1. The lowest BCUT2D eigenvalue weighted by Crippen LogP contribution is -2.39. The molecule has 0 aliphatic carbocycles. The summed E-state index contributed by atoms with van der Waals surface area (Å²) in [5.74, 6) is 1.15. The third-order valence-electron chi connectivity index (χ3n) is 4.02. The Balaban J connectivity index is 1.77. The maximum absolute atomic E-state index is 12.8. The highest BCUT2D eigenvalue weighted by Gasteiger charge is 2.30. The molecule has 0 unspecified atom stereocenters. The van der Waals surface area contributed by atoms with Gasteiger partial charge in [-0.05, 0) is 19.8 Å². The molecule has 2 aromatic heterocycles. The van der Waals surface area contributed by atoms with Gasteiger partial charge in [0.15, 0.2) is 12.1 Å². The first kappa shape index (κ1) is 15.2. The number of rotatable bonds is 3. The van der Waals surface area contributed by atoms with Crippen LogP contribution in [-0.4, -0.2) is 33.9 Å². The fourth-order valence-corrected chi connectivity index (χ4v) is 3.82. The number of amides is 1. The van der Waals surface area contributed by atoms with Gasteiger partial charge in [-0.25, -0.2) is 9.97 Å². The molecule has 0 aromatic carbocycles. The Morgan fingerprint density at radius 1 is 1.50 bits per heavy atom. The molecule has 1 aliphatic rings. The van der Waals surface area contributed by atoms with Crippen LogP contribution in [0.1, 0.15) is 65.5 Å². The summed E-state index contributed by atoms with van der Waals surface area (Å²) in [6, 6.07) is 0. The summed E-state index contributed by atoms with van der Waals surface area (Å²) in [4.78, 5) is 23.4. The normalized spacial score (nSPS) is 18.9. The Morgan fingerprint density at radius 3 is 3.00 bits per heavy atom. The highest BCUT2D eigenvalue weighted by molar-refractivity contribution is 7.09. The molecule has 0 saturated carbocycles. The van der Waals surface area contributed by atoms with Gasteiger partial charge in [0.05, 0.1) is 5.01 Å². The Morgan fingerprint density at radius 2 is 2.32 bits per heavy atom. The third kappa shape index (κ3) is 2.92. The van der Waals surface area contributed by atoms with Gasteiger partial charge in [0, 0.05) is 36.0 Å². The number of hydrogen-bond acceptors (Lipinski definition) is 5. The minimum Gasteiger partial charge on any atom is -0.447 e. The minimum atomic E-state index is -0.0181. The molecular weight excluding hydrogens is 298 g/mol. The number of carbonyl (C=O) groups excluding carboxylic acids is 1. The van der Waals surface area contributed by atoms with E-state index < -0.39 is 0 Å². The summed E-state index contributed by atoms with van der Waals surface area (Å²) in [6.45, 7) is 7.53. The average Bonchev–Trinajstić information content (AvgIpc) is 3.15. The van der Waals surface area contributed by atoms with Crippen LogP contribution in [0.25, 0.3) is 0 Å². The van der Waals surface area contributed by atoms with E-state index in [4.69, 9.17) is 4.42 Å². The fourth-order valence-electron chi connectivity index (χ4n) is 2.90. The summed E-state index contributed by atoms with van der Waals surface area (Å²) in [5.41, 5.74) is 1.52. The van der Waals surface area contributed by atoms with Crippen molar-refractivity contribution < 1.29 is 9.21 Å². The van der Waals surface area contributed by atoms with Crippen LogP contribution < -0.4 is 0 Å². The summed E-state index contributed by atoms with van der Waals surface area (Å²) in [6.07, 6.45) is 3.46. The van der Waals surface area contributed by atoms with Crippen molar-refractivity contribution in [2.45, 2.75) is 45.4 Å². The molecule has 22 heavy (non-hydrogen) atoms. The van der Waals surface area contributed by atoms with E-state index in [0.717, 1.165) is 36.6 Å². The van der Waals surface area contributed by atoms with Gasteiger partial charge in [0.2, 0.25) is 0 Å². The van der Waals surface area contributed by atoms with E-state index in [-0.39, 0.29) is 11.8 Å². The molecule has 0 spiro atoms. The molecule has 3 rings (SSSR count). The molecule has 1 aliphatic heterocycles. The van der Waals surface area contributed by atoms with Crippen LogP contribution in [0.4, 0.5) is 0 Å². The van der Waals surface area contributed by atoms with Gasteiger partial charge >= 0.3 is 0 Å². The first-order valence-electron chi connectivity index (χ1n) is 7.71. The van der Waals surface area contributed by atoms with Crippen molar-refractivity contribution in [3.63, 3.8) is 0 Å². The fraction of sp³-hybridized carbons (Fsp3) is 0.562. The standard InChI is InChI=1S/C16H21N3O2S/c1-10(2)14-13(17-9-21-14)16(20)19-6-4-5-12(7-19)15-18-11(3)8-22-15/h8-10,12H,4-7H2,1-3H3/t12-/m0/s1. The molecule has 0 bridgehead atoms. The van der Waals surface area contributed by atoms with Gasteiger partial charge < -0.3 is 9.32 Å². The van der Waals surface area contributed by atoms with Gasteiger partial charge in [-0.15, -0.1) is 11.3 Å². The summed E-state index contributed by atoms with van der Waals surface area (Å²) < 4.78 is 5.38. The lowest BCUT2D eigenvalue weighted by Gasteiger charge is -2.31. The number of hydrogen-bond donors (Lipinski definition) is 0. The third-order valence-corrected chi connectivity index (χ3v) is 5.14. The number of aromatic nitrogens is 2. The van der Waals surface area contributed by atoms with Gasteiger partial charge in [0.1, 0.15) is 5.76 Å². The number of piperidine rings is 1. The molecular formula is C16H21N3O2S. The lowest BCUT2D eigenvalue weighted by molar-refractivity contribution is 0.0699. The molecule has 3 heterocycles. The summed E-state index contributed by atoms with van der Waals surface area (Å²) >= 11 is 1.69. The van der Waals surface area contributed by atoms with E-state index in [9.17, 15) is 4.79 Å². The van der Waals surface area contributed by atoms with Gasteiger partial charge in [0.25, 0.3) is 5.91 Å². The Labute approximate surface area is 134 Å². The molecule has 6 heteroatoms. The monoisotopic (exact) mass is 319 g/mol. The minimum absolute atomic E-state index is 0.0181.